The molecular weight excluding hydrogens is 284 g/mol. The van der Waals surface area contributed by atoms with Gasteiger partial charge in [-0.25, -0.2) is 0 Å². The number of aliphatic hydroxyl groups is 1. The van der Waals surface area contributed by atoms with Crippen molar-refractivity contribution in [3.05, 3.63) is 0 Å². The molecule has 0 bridgehead atoms. The largest absolute Gasteiger partial charge is 0.394 e. The fraction of sp³-hybridized carbons (Fsp3) is 0.938. The normalized spacial score (nSPS) is 29.1. The van der Waals surface area contributed by atoms with Gasteiger partial charge in [0.15, 0.2) is 0 Å². The summed E-state index contributed by atoms with van der Waals surface area (Å²) < 4.78 is 11.1. The molecule has 6 nitrogen and oxygen atoms in total. The summed E-state index contributed by atoms with van der Waals surface area (Å²) in [7, 11) is 0. The molecule has 0 radical (unpaired) electrons. The van der Waals surface area contributed by atoms with E-state index in [2.05, 4.69) is 4.90 Å². The number of likely N-dealkylation sites (tertiary alicyclic amines) is 1. The number of carbonyl (C=O) groups excluding carboxylic acids is 1. The van der Waals surface area contributed by atoms with Crippen LogP contribution in [0.4, 0.5) is 0 Å². The Morgan fingerprint density at radius 2 is 2.00 bits per heavy atom. The van der Waals surface area contributed by atoms with Crippen molar-refractivity contribution in [1.82, 2.24) is 9.80 Å². The predicted molar refractivity (Wildman–Crippen MR) is 81.6 cm³/mol. The SMILES string of the molecule is O=C(N1CCCC(OCCO)C1)C1(N2CCOCC2)CCC1. The Labute approximate surface area is 132 Å². The Balaban J connectivity index is 1.63. The molecule has 0 aromatic carbocycles. The van der Waals surface area contributed by atoms with Crippen LogP contribution >= 0.6 is 0 Å². The van der Waals surface area contributed by atoms with E-state index in [1.54, 1.807) is 0 Å². The molecule has 3 rings (SSSR count). The highest BCUT2D eigenvalue weighted by molar-refractivity contribution is 5.87. The average Bonchev–Trinajstić information content (AvgIpc) is 2.53. The van der Waals surface area contributed by atoms with E-state index in [1.807, 2.05) is 4.90 Å². The Hall–Kier alpha value is -0.690. The quantitative estimate of drug-likeness (QED) is 0.788. The van der Waals surface area contributed by atoms with Crippen molar-refractivity contribution < 1.29 is 19.4 Å². The lowest BCUT2D eigenvalue weighted by Gasteiger charge is -2.52. The number of amides is 1. The number of hydrogen-bond donors (Lipinski definition) is 1. The monoisotopic (exact) mass is 312 g/mol. The van der Waals surface area contributed by atoms with E-state index in [0.717, 1.165) is 65.0 Å². The van der Waals surface area contributed by atoms with Gasteiger partial charge in [0.1, 0.15) is 5.54 Å². The maximum Gasteiger partial charge on any atom is 0.243 e. The topological polar surface area (TPSA) is 62.2 Å². The van der Waals surface area contributed by atoms with Crippen LogP contribution in [-0.2, 0) is 14.3 Å². The number of nitrogens with zero attached hydrogens (tertiary/aromatic N) is 2. The first-order valence-corrected chi connectivity index (χ1v) is 8.61. The molecule has 2 saturated heterocycles. The zero-order valence-electron chi connectivity index (χ0n) is 13.3. The summed E-state index contributed by atoms with van der Waals surface area (Å²) in [5, 5.41) is 8.89. The Bertz CT molecular complexity index is 380. The van der Waals surface area contributed by atoms with Crippen molar-refractivity contribution in [2.45, 2.75) is 43.7 Å². The zero-order chi connectivity index (χ0) is 15.4. The summed E-state index contributed by atoms with van der Waals surface area (Å²) in [6, 6.07) is 0. The summed E-state index contributed by atoms with van der Waals surface area (Å²) in [5.41, 5.74) is -0.275. The minimum absolute atomic E-state index is 0.0438. The molecule has 0 spiro atoms. The van der Waals surface area contributed by atoms with Crippen LogP contribution in [0, 0.1) is 0 Å². The molecule has 1 aliphatic carbocycles. The first kappa shape index (κ1) is 16.2. The fourth-order valence-corrected chi connectivity index (χ4v) is 3.94. The second-order valence-electron chi connectivity index (χ2n) is 6.59. The Kier molecular flexibility index (Phi) is 5.33. The minimum atomic E-state index is -0.275. The maximum absolute atomic E-state index is 13.2. The first-order chi connectivity index (χ1) is 10.8. The van der Waals surface area contributed by atoms with E-state index in [-0.39, 0.29) is 24.2 Å². The van der Waals surface area contributed by atoms with Crippen molar-refractivity contribution in [1.29, 1.82) is 0 Å². The van der Waals surface area contributed by atoms with Crippen LogP contribution in [0.5, 0.6) is 0 Å². The van der Waals surface area contributed by atoms with E-state index in [0.29, 0.717) is 13.2 Å². The molecule has 1 saturated carbocycles. The molecule has 6 heteroatoms. The number of aliphatic hydroxyl groups excluding tert-OH is 1. The predicted octanol–water partition coefficient (Wildman–Crippen LogP) is 0.241. The molecule has 0 aromatic heterocycles. The third-order valence-corrected chi connectivity index (χ3v) is 5.31. The number of carbonyl (C=O) groups is 1. The molecular formula is C16H28N2O4. The van der Waals surface area contributed by atoms with E-state index >= 15 is 0 Å². The average molecular weight is 312 g/mol. The lowest BCUT2D eigenvalue weighted by atomic mass is 9.73. The Morgan fingerprint density at radius 3 is 2.64 bits per heavy atom. The molecule has 3 aliphatic rings. The lowest BCUT2D eigenvalue weighted by molar-refractivity contribution is -0.159. The molecule has 0 aromatic rings. The highest BCUT2D eigenvalue weighted by atomic mass is 16.5. The van der Waals surface area contributed by atoms with Gasteiger partial charge < -0.3 is 19.5 Å². The third kappa shape index (κ3) is 3.15. The molecule has 22 heavy (non-hydrogen) atoms. The lowest BCUT2D eigenvalue weighted by Crippen LogP contribution is -2.66. The van der Waals surface area contributed by atoms with E-state index in [1.165, 1.54) is 0 Å². The first-order valence-electron chi connectivity index (χ1n) is 8.61. The molecule has 2 aliphatic heterocycles. The summed E-state index contributed by atoms with van der Waals surface area (Å²) in [6.07, 6.45) is 5.14. The van der Waals surface area contributed by atoms with Gasteiger partial charge in [0, 0.05) is 26.2 Å². The maximum atomic E-state index is 13.2. The van der Waals surface area contributed by atoms with Crippen LogP contribution < -0.4 is 0 Å². The van der Waals surface area contributed by atoms with Crippen LogP contribution in [0.25, 0.3) is 0 Å². The fourth-order valence-electron chi connectivity index (χ4n) is 3.94. The standard InChI is InChI=1S/C16H28N2O4/c19-9-12-22-14-3-1-6-17(13-14)15(20)16(4-2-5-16)18-7-10-21-11-8-18/h14,19H,1-13H2. The summed E-state index contributed by atoms with van der Waals surface area (Å²) in [6.45, 7) is 5.11. The molecule has 3 fully saturated rings. The summed E-state index contributed by atoms with van der Waals surface area (Å²) in [5.74, 6) is 0.290. The molecule has 1 amide bonds. The van der Waals surface area contributed by atoms with Gasteiger partial charge in [-0.15, -0.1) is 0 Å². The van der Waals surface area contributed by atoms with Crippen LogP contribution in [0.2, 0.25) is 0 Å². The summed E-state index contributed by atoms with van der Waals surface area (Å²) in [4.78, 5) is 17.5. The number of rotatable bonds is 5. The molecule has 1 atom stereocenters. The number of morpholine rings is 1. The molecule has 1 N–H and O–H groups in total. The second-order valence-corrected chi connectivity index (χ2v) is 6.59. The van der Waals surface area contributed by atoms with Gasteiger partial charge in [0.05, 0.1) is 32.5 Å². The van der Waals surface area contributed by atoms with E-state index in [9.17, 15) is 4.79 Å². The van der Waals surface area contributed by atoms with Crippen LogP contribution in [-0.4, -0.2) is 85.1 Å². The van der Waals surface area contributed by atoms with Crippen molar-refractivity contribution in [3.63, 3.8) is 0 Å². The molecule has 126 valence electrons. The highest BCUT2D eigenvalue weighted by Crippen LogP contribution is 2.40. The van der Waals surface area contributed by atoms with Gasteiger partial charge in [-0.1, -0.05) is 0 Å². The minimum Gasteiger partial charge on any atom is -0.394 e. The number of hydrogen-bond acceptors (Lipinski definition) is 5. The van der Waals surface area contributed by atoms with E-state index in [4.69, 9.17) is 14.6 Å². The van der Waals surface area contributed by atoms with Crippen molar-refractivity contribution >= 4 is 5.91 Å². The second kappa shape index (κ2) is 7.25. The van der Waals surface area contributed by atoms with Crippen LogP contribution in [0.1, 0.15) is 32.1 Å². The number of piperidine rings is 1. The van der Waals surface area contributed by atoms with Gasteiger partial charge in [-0.3, -0.25) is 9.69 Å². The number of ether oxygens (including phenoxy) is 2. The van der Waals surface area contributed by atoms with Gasteiger partial charge >= 0.3 is 0 Å². The molecule has 1 unspecified atom stereocenters. The van der Waals surface area contributed by atoms with Crippen molar-refractivity contribution in [3.8, 4) is 0 Å². The van der Waals surface area contributed by atoms with Gasteiger partial charge in [-0.2, -0.15) is 0 Å². The van der Waals surface area contributed by atoms with E-state index < -0.39 is 0 Å². The Morgan fingerprint density at radius 1 is 1.23 bits per heavy atom. The highest BCUT2D eigenvalue weighted by Gasteiger charge is 2.51. The molecule has 2 heterocycles. The van der Waals surface area contributed by atoms with Gasteiger partial charge in [0.2, 0.25) is 5.91 Å². The van der Waals surface area contributed by atoms with Crippen LogP contribution in [0.15, 0.2) is 0 Å². The van der Waals surface area contributed by atoms with Gasteiger partial charge in [0.25, 0.3) is 0 Å². The van der Waals surface area contributed by atoms with Gasteiger partial charge in [-0.05, 0) is 32.1 Å². The zero-order valence-corrected chi connectivity index (χ0v) is 13.3. The van der Waals surface area contributed by atoms with Crippen LogP contribution in [0.3, 0.4) is 0 Å². The smallest absolute Gasteiger partial charge is 0.243 e. The summed E-state index contributed by atoms with van der Waals surface area (Å²) >= 11 is 0. The van der Waals surface area contributed by atoms with Crippen molar-refractivity contribution in [2.24, 2.45) is 0 Å². The third-order valence-electron chi connectivity index (χ3n) is 5.31. The van der Waals surface area contributed by atoms with Crippen molar-refractivity contribution in [2.75, 3.05) is 52.6 Å².